The highest BCUT2D eigenvalue weighted by Gasteiger charge is 2.04. The minimum Gasteiger partial charge on any atom is -0.496 e. The van der Waals surface area contributed by atoms with Gasteiger partial charge in [-0.05, 0) is 18.2 Å². The smallest absolute Gasteiger partial charge is 0.126 e. The lowest BCUT2D eigenvalue weighted by Crippen LogP contribution is -2.03. The average molecular weight is 290 g/mol. The van der Waals surface area contributed by atoms with Gasteiger partial charge in [0.05, 0.1) is 24.4 Å². The highest BCUT2D eigenvalue weighted by molar-refractivity contribution is 5.81. The number of ether oxygens (including phenoxy) is 1. The Hall–Kier alpha value is -3.13. The maximum Gasteiger partial charge on any atom is 0.126 e. The Kier molecular flexibility index (Phi) is 3.84. The van der Waals surface area contributed by atoms with Crippen molar-refractivity contribution in [1.82, 2.24) is 9.97 Å². The molecule has 0 bridgehead atoms. The van der Waals surface area contributed by atoms with Crippen molar-refractivity contribution in [1.29, 1.82) is 5.26 Å². The van der Waals surface area contributed by atoms with Gasteiger partial charge in [-0.25, -0.2) is 4.98 Å². The number of methoxy groups -OCH3 is 1. The van der Waals surface area contributed by atoms with Gasteiger partial charge < -0.3 is 10.1 Å². The highest BCUT2D eigenvalue weighted by Crippen LogP contribution is 2.20. The average Bonchev–Trinajstić information content (AvgIpc) is 2.59. The van der Waals surface area contributed by atoms with Crippen molar-refractivity contribution in [3.8, 4) is 11.8 Å². The van der Waals surface area contributed by atoms with E-state index in [1.165, 1.54) is 0 Å². The minimum absolute atomic E-state index is 0.536. The lowest BCUT2D eigenvalue weighted by Gasteiger charge is -2.10. The third kappa shape index (κ3) is 2.81. The molecule has 0 aliphatic heterocycles. The van der Waals surface area contributed by atoms with E-state index in [1.54, 1.807) is 25.6 Å². The number of benzene rings is 1. The number of nitriles is 1. The first-order valence-electron chi connectivity index (χ1n) is 6.82. The van der Waals surface area contributed by atoms with Crippen molar-refractivity contribution in [3.05, 3.63) is 59.9 Å². The van der Waals surface area contributed by atoms with Gasteiger partial charge in [0.2, 0.25) is 0 Å². The second kappa shape index (κ2) is 6.10. The molecular formula is C17H14N4O. The van der Waals surface area contributed by atoms with Crippen LogP contribution in [0.15, 0.2) is 48.8 Å². The molecule has 5 heteroatoms. The molecule has 3 aromatic rings. The number of anilines is 1. The molecule has 0 aliphatic carbocycles. The molecule has 22 heavy (non-hydrogen) atoms. The van der Waals surface area contributed by atoms with Crippen molar-refractivity contribution in [2.45, 2.75) is 6.54 Å². The van der Waals surface area contributed by atoms with Crippen LogP contribution in [0.2, 0.25) is 0 Å². The zero-order valence-electron chi connectivity index (χ0n) is 12.1. The van der Waals surface area contributed by atoms with Gasteiger partial charge in [0.1, 0.15) is 17.6 Å². The van der Waals surface area contributed by atoms with E-state index in [9.17, 15) is 0 Å². The summed E-state index contributed by atoms with van der Waals surface area (Å²) in [6.45, 7) is 0.605. The topological polar surface area (TPSA) is 70.8 Å². The Balaban J connectivity index is 1.83. The first-order chi connectivity index (χ1) is 10.8. The van der Waals surface area contributed by atoms with Gasteiger partial charge in [0.25, 0.3) is 0 Å². The number of hydrogen-bond acceptors (Lipinski definition) is 5. The van der Waals surface area contributed by atoms with E-state index in [0.29, 0.717) is 12.1 Å². The number of para-hydroxylation sites is 1. The second-order valence-electron chi connectivity index (χ2n) is 4.76. The number of aromatic nitrogens is 2. The summed E-state index contributed by atoms with van der Waals surface area (Å²) < 4.78 is 5.33. The fourth-order valence-corrected chi connectivity index (χ4v) is 2.22. The van der Waals surface area contributed by atoms with Crippen LogP contribution < -0.4 is 10.1 Å². The number of hydrogen-bond donors (Lipinski definition) is 1. The van der Waals surface area contributed by atoms with E-state index in [-0.39, 0.29) is 0 Å². The van der Waals surface area contributed by atoms with Crippen molar-refractivity contribution < 1.29 is 4.74 Å². The largest absolute Gasteiger partial charge is 0.496 e. The SMILES string of the molecule is COc1ccccc1CNc1cc2cc(C#N)cnc2cn1. The van der Waals surface area contributed by atoms with Gasteiger partial charge in [-0.1, -0.05) is 18.2 Å². The molecule has 0 spiro atoms. The van der Waals surface area contributed by atoms with Crippen molar-refractivity contribution in [2.75, 3.05) is 12.4 Å². The van der Waals surface area contributed by atoms with Gasteiger partial charge in [-0.3, -0.25) is 4.98 Å². The van der Waals surface area contributed by atoms with Crippen LogP contribution in [0.1, 0.15) is 11.1 Å². The molecule has 2 aromatic heterocycles. The molecule has 108 valence electrons. The van der Waals surface area contributed by atoms with E-state index >= 15 is 0 Å². The van der Waals surface area contributed by atoms with Crippen LogP contribution in [-0.4, -0.2) is 17.1 Å². The zero-order valence-corrected chi connectivity index (χ0v) is 12.1. The van der Waals surface area contributed by atoms with Crippen molar-refractivity contribution >= 4 is 16.7 Å². The van der Waals surface area contributed by atoms with Gasteiger partial charge in [0.15, 0.2) is 0 Å². The van der Waals surface area contributed by atoms with Crippen LogP contribution in [0, 0.1) is 11.3 Å². The van der Waals surface area contributed by atoms with Crippen molar-refractivity contribution in [2.24, 2.45) is 0 Å². The second-order valence-corrected chi connectivity index (χ2v) is 4.76. The van der Waals surface area contributed by atoms with Gasteiger partial charge in [0, 0.05) is 23.7 Å². The molecular weight excluding hydrogens is 276 g/mol. The first-order valence-corrected chi connectivity index (χ1v) is 6.82. The van der Waals surface area contributed by atoms with E-state index < -0.39 is 0 Å². The molecule has 1 N–H and O–H groups in total. The van der Waals surface area contributed by atoms with Crippen LogP contribution in [0.3, 0.4) is 0 Å². The Labute approximate surface area is 128 Å². The Morgan fingerprint density at radius 2 is 2.05 bits per heavy atom. The minimum atomic E-state index is 0.536. The molecule has 3 rings (SSSR count). The quantitative estimate of drug-likeness (QED) is 0.799. The predicted octanol–water partition coefficient (Wildman–Crippen LogP) is 3.12. The number of nitrogens with one attached hydrogen (secondary N) is 1. The van der Waals surface area contributed by atoms with Crippen LogP contribution in [0.5, 0.6) is 5.75 Å². The number of rotatable bonds is 4. The summed E-state index contributed by atoms with van der Waals surface area (Å²) in [5.41, 5.74) is 2.35. The first kappa shape index (κ1) is 13.8. The molecule has 5 nitrogen and oxygen atoms in total. The molecule has 2 heterocycles. The summed E-state index contributed by atoms with van der Waals surface area (Å²) >= 11 is 0. The molecule has 0 atom stereocenters. The highest BCUT2D eigenvalue weighted by atomic mass is 16.5. The molecule has 0 saturated heterocycles. The summed E-state index contributed by atoms with van der Waals surface area (Å²) in [6, 6.07) is 13.6. The van der Waals surface area contributed by atoms with E-state index in [4.69, 9.17) is 10.00 Å². The molecule has 0 radical (unpaired) electrons. The molecule has 0 amide bonds. The number of pyridine rings is 2. The van der Waals surface area contributed by atoms with Crippen LogP contribution >= 0.6 is 0 Å². The lowest BCUT2D eigenvalue weighted by molar-refractivity contribution is 0.410. The standard InChI is InChI=1S/C17H14N4O/c1-22-16-5-3-2-4-13(16)10-20-17-7-14-6-12(8-18)9-19-15(14)11-21-17/h2-7,9,11H,10H2,1H3,(H,20,21). The van der Waals surface area contributed by atoms with Gasteiger partial charge in [-0.15, -0.1) is 0 Å². The van der Waals surface area contributed by atoms with E-state index in [0.717, 1.165) is 28.0 Å². The van der Waals surface area contributed by atoms with Crippen LogP contribution in [-0.2, 0) is 6.54 Å². The Morgan fingerprint density at radius 1 is 1.18 bits per heavy atom. The number of nitrogens with zero attached hydrogens (tertiary/aromatic N) is 3. The monoisotopic (exact) mass is 290 g/mol. The summed E-state index contributed by atoms with van der Waals surface area (Å²) in [5.74, 6) is 1.57. The van der Waals surface area contributed by atoms with Crippen molar-refractivity contribution in [3.63, 3.8) is 0 Å². The Morgan fingerprint density at radius 3 is 2.86 bits per heavy atom. The maximum atomic E-state index is 8.94. The van der Waals surface area contributed by atoms with E-state index in [2.05, 4.69) is 21.4 Å². The molecule has 1 aromatic carbocycles. The molecule has 0 saturated carbocycles. The third-order valence-corrected chi connectivity index (χ3v) is 3.35. The molecule has 0 aliphatic rings. The van der Waals surface area contributed by atoms with Gasteiger partial charge >= 0.3 is 0 Å². The molecule has 0 unspecified atom stereocenters. The molecule has 0 fully saturated rings. The normalized spacial score (nSPS) is 10.2. The van der Waals surface area contributed by atoms with Crippen LogP contribution in [0.25, 0.3) is 10.9 Å². The van der Waals surface area contributed by atoms with Gasteiger partial charge in [-0.2, -0.15) is 5.26 Å². The summed E-state index contributed by atoms with van der Waals surface area (Å²) in [4.78, 5) is 8.54. The lowest BCUT2D eigenvalue weighted by atomic mass is 10.2. The zero-order chi connectivity index (χ0) is 15.4. The van der Waals surface area contributed by atoms with E-state index in [1.807, 2.05) is 30.3 Å². The third-order valence-electron chi connectivity index (χ3n) is 3.35. The summed E-state index contributed by atoms with van der Waals surface area (Å²) in [5, 5.41) is 13.1. The predicted molar refractivity (Wildman–Crippen MR) is 84.6 cm³/mol. The fraction of sp³-hybridized carbons (Fsp3) is 0.118. The fourth-order valence-electron chi connectivity index (χ4n) is 2.22. The summed E-state index contributed by atoms with van der Waals surface area (Å²) in [7, 11) is 1.65. The maximum absolute atomic E-state index is 8.94. The Bertz CT molecular complexity index is 855. The number of fused-ring (bicyclic) bond motifs is 1. The summed E-state index contributed by atoms with van der Waals surface area (Å²) in [6.07, 6.45) is 3.24. The van der Waals surface area contributed by atoms with Crippen LogP contribution in [0.4, 0.5) is 5.82 Å².